The third kappa shape index (κ3) is 8.83. The number of alkyl carbamates (subject to hydrolysis) is 1. The van der Waals surface area contributed by atoms with Gasteiger partial charge in [-0.25, -0.2) is 4.79 Å². The van der Waals surface area contributed by atoms with Gasteiger partial charge in [-0.2, -0.15) is 12.6 Å². The van der Waals surface area contributed by atoms with Crippen molar-refractivity contribution in [2.75, 3.05) is 31.3 Å². The van der Waals surface area contributed by atoms with E-state index in [9.17, 15) is 19.5 Å². The van der Waals surface area contributed by atoms with Crippen molar-refractivity contribution in [1.82, 2.24) is 10.2 Å². The molecule has 0 aliphatic heterocycles. The first-order chi connectivity index (χ1) is 17.5. The summed E-state index contributed by atoms with van der Waals surface area (Å²) >= 11 is 4.24. The van der Waals surface area contributed by atoms with Gasteiger partial charge in [0.25, 0.3) is 5.91 Å². The van der Waals surface area contributed by atoms with Gasteiger partial charge in [0.1, 0.15) is 23.4 Å². The van der Waals surface area contributed by atoms with Crippen LogP contribution in [-0.2, 0) is 14.3 Å². The molecule has 2 aromatic rings. The van der Waals surface area contributed by atoms with E-state index in [1.165, 1.54) is 12.0 Å². The molecule has 0 spiro atoms. The number of carbonyl (C=O) groups is 3. The average molecular weight is 530 g/mol. The SMILES string of the molecule is C=Cc1cccc(C(C(=O)Nc2ccc(OC)cc2)N(CCO)C(=O)C(CS)NC(=O)OC(C)(C)C)c1. The summed E-state index contributed by atoms with van der Waals surface area (Å²) in [6, 6.07) is 11.5. The molecule has 3 N–H and O–H groups in total. The Morgan fingerprint density at radius 2 is 1.84 bits per heavy atom. The molecule has 2 unspecified atom stereocenters. The molecule has 0 fully saturated rings. The molecule has 2 aromatic carbocycles. The van der Waals surface area contributed by atoms with Crippen molar-refractivity contribution in [3.05, 3.63) is 66.2 Å². The summed E-state index contributed by atoms with van der Waals surface area (Å²) in [5.74, 6) is -0.549. The molecule has 2 atom stereocenters. The zero-order valence-corrected chi connectivity index (χ0v) is 22.5. The monoisotopic (exact) mass is 529 g/mol. The number of rotatable bonds is 11. The second-order valence-corrected chi connectivity index (χ2v) is 9.50. The lowest BCUT2D eigenvalue weighted by molar-refractivity contribution is -0.140. The van der Waals surface area contributed by atoms with Crippen LogP contribution >= 0.6 is 12.6 Å². The van der Waals surface area contributed by atoms with Gasteiger partial charge in [-0.05, 0) is 62.2 Å². The molecule has 0 bridgehead atoms. The Morgan fingerprint density at radius 1 is 1.16 bits per heavy atom. The summed E-state index contributed by atoms with van der Waals surface area (Å²) in [6.45, 7) is 8.30. The lowest BCUT2D eigenvalue weighted by atomic mass is 10.0. The predicted molar refractivity (Wildman–Crippen MR) is 147 cm³/mol. The van der Waals surface area contributed by atoms with E-state index in [1.54, 1.807) is 69.3 Å². The predicted octanol–water partition coefficient (Wildman–Crippen LogP) is 3.66. The summed E-state index contributed by atoms with van der Waals surface area (Å²) in [6.07, 6.45) is 0.831. The number of ether oxygens (including phenoxy) is 2. The molecule has 0 aliphatic rings. The number of anilines is 1. The zero-order chi connectivity index (χ0) is 27.6. The van der Waals surface area contributed by atoms with Crippen molar-refractivity contribution in [3.63, 3.8) is 0 Å². The maximum atomic E-state index is 13.7. The number of nitrogens with zero attached hydrogens (tertiary/aromatic N) is 1. The Morgan fingerprint density at radius 3 is 2.38 bits per heavy atom. The van der Waals surface area contributed by atoms with Gasteiger partial charge < -0.3 is 30.1 Å². The molecule has 0 aromatic heterocycles. The lowest BCUT2D eigenvalue weighted by Crippen LogP contribution is -2.53. The Hall–Kier alpha value is -3.50. The van der Waals surface area contributed by atoms with E-state index in [1.807, 2.05) is 6.07 Å². The Kier molecular flexibility index (Phi) is 11.0. The molecular weight excluding hydrogens is 494 g/mol. The number of carbonyl (C=O) groups excluding carboxylic acids is 3. The first kappa shape index (κ1) is 29.7. The van der Waals surface area contributed by atoms with Gasteiger partial charge in [-0.1, -0.05) is 30.9 Å². The quantitative estimate of drug-likeness (QED) is 0.330. The standard InChI is InChI=1S/C27H35N3O6S/c1-6-18-8-7-9-19(16-18)23(24(32)28-20-10-12-21(35-5)13-11-20)30(14-15-31)25(33)22(17-37)29-26(34)36-27(2,3)4/h6-13,16,22-23,31,37H,1,14-15,17H2,2-5H3,(H,28,32)(H,29,34). The topological polar surface area (TPSA) is 117 Å². The van der Waals surface area contributed by atoms with Crippen LogP contribution in [0.15, 0.2) is 55.1 Å². The highest BCUT2D eigenvalue weighted by atomic mass is 32.1. The lowest BCUT2D eigenvalue weighted by Gasteiger charge is -2.34. The van der Waals surface area contributed by atoms with Crippen molar-refractivity contribution >= 4 is 42.3 Å². The van der Waals surface area contributed by atoms with Crippen LogP contribution < -0.4 is 15.4 Å². The van der Waals surface area contributed by atoms with Gasteiger partial charge in [0, 0.05) is 18.0 Å². The first-order valence-electron chi connectivity index (χ1n) is 11.7. The van der Waals surface area contributed by atoms with E-state index < -0.39 is 42.2 Å². The van der Waals surface area contributed by atoms with Gasteiger partial charge in [0.15, 0.2) is 0 Å². The van der Waals surface area contributed by atoms with Crippen LogP contribution in [0.2, 0.25) is 0 Å². The van der Waals surface area contributed by atoms with Crippen molar-refractivity contribution in [3.8, 4) is 5.75 Å². The van der Waals surface area contributed by atoms with Crippen molar-refractivity contribution < 1.29 is 29.0 Å². The van der Waals surface area contributed by atoms with Crippen LogP contribution in [0, 0.1) is 0 Å². The first-order valence-corrected chi connectivity index (χ1v) is 12.3. The average Bonchev–Trinajstić information content (AvgIpc) is 2.86. The van der Waals surface area contributed by atoms with Crippen LogP contribution in [0.5, 0.6) is 5.75 Å². The van der Waals surface area contributed by atoms with Crippen molar-refractivity contribution in [2.45, 2.75) is 38.5 Å². The van der Waals surface area contributed by atoms with Crippen LogP contribution in [0.25, 0.3) is 6.08 Å². The van der Waals surface area contributed by atoms with Gasteiger partial charge in [-0.15, -0.1) is 0 Å². The fourth-order valence-corrected chi connectivity index (χ4v) is 3.77. The molecule has 2 rings (SSSR count). The molecule has 0 saturated heterocycles. The number of hydrogen-bond donors (Lipinski definition) is 4. The molecule has 37 heavy (non-hydrogen) atoms. The summed E-state index contributed by atoms with van der Waals surface area (Å²) in [4.78, 5) is 40.9. The van der Waals surface area contributed by atoms with Crippen molar-refractivity contribution in [1.29, 1.82) is 0 Å². The largest absolute Gasteiger partial charge is 0.497 e. The molecule has 0 saturated carbocycles. The third-order valence-electron chi connectivity index (χ3n) is 5.18. The number of amides is 3. The molecular formula is C27H35N3O6S. The zero-order valence-electron chi connectivity index (χ0n) is 21.6. The minimum absolute atomic E-state index is 0.0560. The smallest absolute Gasteiger partial charge is 0.408 e. The summed E-state index contributed by atoms with van der Waals surface area (Å²) in [7, 11) is 1.54. The van der Waals surface area contributed by atoms with Crippen molar-refractivity contribution in [2.24, 2.45) is 0 Å². The molecule has 0 radical (unpaired) electrons. The summed E-state index contributed by atoms with van der Waals surface area (Å²) < 4.78 is 10.4. The number of aliphatic hydroxyl groups excluding tert-OH is 1. The molecule has 9 nitrogen and oxygen atoms in total. The highest BCUT2D eigenvalue weighted by Gasteiger charge is 2.35. The highest BCUT2D eigenvalue weighted by molar-refractivity contribution is 7.80. The van der Waals surface area contributed by atoms with E-state index >= 15 is 0 Å². The second-order valence-electron chi connectivity index (χ2n) is 9.13. The minimum Gasteiger partial charge on any atom is -0.497 e. The maximum absolute atomic E-state index is 13.7. The highest BCUT2D eigenvalue weighted by Crippen LogP contribution is 2.26. The number of nitrogens with one attached hydrogen (secondary N) is 2. The fraction of sp³-hybridized carbons (Fsp3) is 0.370. The Balaban J connectivity index is 2.45. The van der Waals surface area contributed by atoms with Crippen LogP contribution in [-0.4, -0.2) is 65.6 Å². The van der Waals surface area contributed by atoms with E-state index in [0.29, 0.717) is 17.0 Å². The van der Waals surface area contributed by atoms with E-state index in [4.69, 9.17) is 9.47 Å². The molecule has 10 heteroatoms. The molecule has 3 amide bonds. The van der Waals surface area contributed by atoms with E-state index in [-0.39, 0.29) is 12.3 Å². The van der Waals surface area contributed by atoms with Crippen LogP contribution in [0.3, 0.4) is 0 Å². The minimum atomic E-state index is -1.13. The number of hydrogen-bond acceptors (Lipinski definition) is 7. The molecule has 200 valence electrons. The molecule has 0 heterocycles. The number of thiol groups is 1. The van der Waals surface area contributed by atoms with Crippen LogP contribution in [0.4, 0.5) is 10.5 Å². The van der Waals surface area contributed by atoms with E-state index in [2.05, 4.69) is 29.8 Å². The van der Waals surface area contributed by atoms with E-state index in [0.717, 1.165) is 5.56 Å². The fourth-order valence-electron chi connectivity index (χ4n) is 3.52. The van der Waals surface area contributed by atoms with Gasteiger partial charge >= 0.3 is 6.09 Å². The third-order valence-corrected chi connectivity index (χ3v) is 5.54. The summed E-state index contributed by atoms with van der Waals surface area (Å²) in [5.41, 5.74) is 0.962. The number of methoxy groups -OCH3 is 1. The second kappa shape index (κ2) is 13.7. The Labute approximate surface area is 223 Å². The summed E-state index contributed by atoms with van der Waals surface area (Å²) in [5, 5.41) is 15.2. The van der Waals surface area contributed by atoms with Crippen LogP contribution in [0.1, 0.15) is 37.9 Å². The number of benzene rings is 2. The Bertz CT molecular complexity index is 1080. The van der Waals surface area contributed by atoms with Gasteiger partial charge in [0.05, 0.1) is 13.7 Å². The normalized spacial score (nSPS) is 12.6. The van der Waals surface area contributed by atoms with Gasteiger partial charge in [0.2, 0.25) is 5.91 Å². The number of aliphatic hydroxyl groups is 1. The van der Waals surface area contributed by atoms with Gasteiger partial charge in [-0.3, -0.25) is 9.59 Å². The molecule has 0 aliphatic carbocycles. The maximum Gasteiger partial charge on any atom is 0.408 e.